The highest BCUT2D eigenvalue weighted by Crippen LogP contribution is 2.38. The van der Waals surface area contributed by atoms with Gasteiger partial charge in [-0.25, -0.2) is 8.42 Å². The zero-order valence-electron chi connectivity index (χ0n) is 9.67. The Hall–Kier alpha value is -0.150. The molecule has 0 saturated carbocycles. The largest absolute Gasteiger partial charge is 0.481 e. The van der Waals surface area contributed by atoms with E-state index in [-0.39, 0.29) is 10.6 Å². The number of thiophene rings is 1. The third-order valence-corrected chi connectivity index (χ3v) is 7.79. The van der Waals surface area contributed by atoms with E-state index in [2.05, 4.69) is 15.9 Å². The van der Waals surface area contributed by atoms with E-state index in [9.17, 15) is 13.2 Å². The molecule has 19 heavy (non-hydrogen) atoms. The van der Waals surface area contributed by atoms with Crippen molar-refractivity contribution in [1.29, 1.82) is 0 Å². The number of carboxylic acids is 1. The highest BCUT2D eigenvalue weighted by molar-refractivity contribution is 9.11. The quantitative estimate of drug-likeness (QED) is 0.860. The highest BCUT2D eigenvalue weighted by atomic mass is 79.9. The number of sulfonamides is 1. The summed E-state index contributed by atoms with van der Waals surface area (Å²) in [6.07, 6.45) is 1.09. The number of hydrogen-bond acceptors (Lipinski definition) is 4. The Morgan fingerprint density at radius 2 is 2.32 bits per heavy atom. The summed E-state index contributed by atoms with van der Waals surface area (Å²) in [4.78, 5) is 10.8. The lowest BCUT2D eigenvalue weighted by atomic mass is 10.2. The summed E-state index contributed by atoms with van der Waals surface area (Å²) in [5.74, 6) is -0.988. The van der Waals surface area contributed by atoms with Crippen LogP contribution in [0.15, 0.2) is 14.1 Å². The highest BCUT2D eigenvalue weighted by Gasteiger charge is 2.37. The van der Waals surface area contributed by atoms with Gasteiger partial charge < -0.3 is 5.11 Å². The van der Waals surface area contributed by atoms with Gasteiger partial charge in [0.1, 0.15) is 4.21 Å². The molecule has 106 valence electrons. The fraction of sp³-hybridized carbons (Fsp3) is 0.500. The van der Waals surface area contributed by atoms with Crippen molar-refractivity contribution in [2.24, 2.45) is 0 Å². The minimum Gasteiger partial charge on any atom is -0.481 e. The fourth-order valence-electron chi connectivity index (χ4n) is 2.10. The van der Waals surface area contributed by atoms with Gasteiger partial charge in [-0.3, -0.25) is 4.79 Å². The Bertz CT molecular complexity index is 581. The predicted octanol–water partition coefficient (Wildman–Crippen LogP) is 2.79. The lowest BCUT2D eigenvalue weighted by Gasteiger charge is -2.21. The first-order valence-corrected chi connectivity index (χ1v) is 8.93. The lowest BCUT2D eigenvalue weighted by Crippen LogP contribution is -2.36. The molecular weight excluding hydrogens is 378 g/mol. The number of hydrogen-bond donors (Lipinski definition) is 1. The Morgan fingerprint density at radius 3 is 2.84 bits per heavy atom. The molecule has 2 heterocycles. The normalized spacial score (nSPS) is 20.8. The summed E-state index contributed by atoms with van der Waals surface area (Å²) in [6, 6.07) is 0.920. The van der Waals surface area contributed by atoms with Crippen LogP contribution in [-0.2, 0) is 14.8 Å². The molecular formula is C10H11BrClNO4S2. The maximum absolute atomic E-state index is 12.5. The van der Waals surface area contributed by atoms with Crippen LogP contribution in [0.5, 0.6) is 0 Å². The van der Waals surface area contributed by atoms with E-state index >= 15 is 0 Å². The van der Waals surface area contributed by atoms with Gasteiger partial charge in [-0.05, 0) is 34.8 Å². The second kappa shape index (κ2) is 5.69. The molecule has 1 atom stereocenters. The van der Waals surface area contributed by atoms with Gasteiger partial charge in [-0.15, -0.1) is 11.3 Å². The van der Waals surface area contributed by atoms with Crippen LogP contribution in [-0.4, -0.2) is 36.4 Å². The predicted molar refractivity (Wildman–Crippen MR) is 76.2 cm³/mol. The van der Waals surface area contributed by atoms with E-state index in [1.807, 2.05) is 0 Å². The zero-order valence-corrected chi connectivity index (χ0v) is 13.6. The molecule has 0 amide bonds. The molecule has 1 saturated heterocycles. The lowest BCUT2D eigenvalue weighted by molar-refractivity contribution is -0.137. The van der Waals surface area contributed by atoms with Crippen LogP contribution in [0.1, 0.15) is 19.3 Å². The third-order valence-electron chi connectivity index (χ3n) is 2.92. The fourth-order valence-corrected chi connectivity index (χ4v) is 6.32. The van der Waals surface area contributed by atoms with Gasteiger partial charge >= 0.3 is 5.97 Å². The topological polar surface area (TPSA) is 74.7 Å². The average Bonchev–Trinajstić information content (AvgIpc) is 2.87. The summed E-state index contributed by atoms with van der Waals surface area (Å²) in [5.41, 5.74) is 0. The van der Waals surface area contributed by atoms with Gasteiger partial charge in [0.15, 0.2) is 0 Å². The van der Waals surface area contributed by atoms with Crippen molar-refractivity contribution in [2.75, 3.05) is 6.54 Å². The maximum Gasteiger partial charge on any atom is 0.304 e. The molecule has 1 N–H and O–H groups in total. The summed E-state index contributed by atoms with van der Waals surface area (Å²) in [5, 5.41) is 9.17. The minimum absolute atomic E-state index is 0.140. The van der Waals surface area contributed by atoms with Crippen LogP contribution in [0, 0.1) is 0 Å². The molecule has 0 radical (unpaired) electrons. The molecule has 9 heteroatoms. The van der Waals surface area contributed by atoms with E-state index in [0.29, 0.717) is 28.2 Å². The van der Waals surface area contributed by atoms with Crippen molar-refractivity contribution in [3.05, 3.63) is 14.9 Å². The smallest absolute Gasteiger partial charge is 0.304 e. The molecule has 0 bridgehead atoms. The van der Waals surface area contributed by atoms with Crippen LogP contribution in [0.4, 0.5) is 0 Å². The number of carboxylic acid groups (broad SMARTS) is 1. The molecule has 2 rings (SSSR count). The first-order chi connectivity index (χ1) is 8.82. The molecule has 1 aliphatic rings. The van der Waals surface area contributed by atoms with Crippen molar-refractivity contribution in [3.8, 4) is 0 Å². The number of rotatable bonds is 4. The van der Waals surface area contributed by atoms with Crippen molar-refractivity contribution in [3.63, 3.8) is 0 Å². The molecule has 1 unspecified atom stereocenters. The van der Waals surface area contributed by atoms with Crippen molar-refractivity contribution in [2.45, 2.75) is 29.5 Å². The van der Waals surface area contributed by atoms with Crippen molar-refractivity contribution >= 4 is 54.9 Å². The van der Waals surface area contributed by atoms with Gasteiger partial charge in [0, 0.05) is 12.6 Å². The summed E-state index contributed by atoms with van der Waals surface area (Å²) in [7, 11) is -3.66. The van der Waals surface area contributed by atoms with Crippen LogP contribution in [0.25, 0.3) is 0 Å². The van der Waals surface area contributed by atoms with Crippen LogP contribution >= 0.6 is 38.9 Å². The molecule has 5 nitrogen and oxygen atoms in total. The standard InChI is InChI=1S/C10H11BrClNO4S2/c11-10-7(12)5-9(18-10)19(16,17)13-3-1-2-6(13)4-8(14)15/h5-6H,1-4H2,(H,14,15). The monoisotopic (exact) mass is 387 g/mol. The first kappa shape index (κ1) is 15.2. The number of aliphatic carboxylic acids is 1. The van der Waals surface area contributed by atoms with Gasteiger partial charge in [0.2, 0.25) is 0 Å². The Kier molecular flexibility index (Phi) is 4.56. The second-order valence-corrected chi connectivity index (χ2v) is 9.09. The summed E-state index contributed by atoms with van der Waals surface area (Å²) < 4.78 is 26.9. The molecule has 1 aliphatic heterocycles. The minimum atomic E-state index is -3.66. The Morgan fingerprint density at radius 1 is 1.63 bits per heavy atom. The number of halogens is 2. The maximum atomic E-state index is 12.5. The number of carbonyl (C=O) groups is 1. The Balaban J connectivity index is 2.30. The van der Waals surface area contributed by atoms with Crippen molar-refractivity contribution in [1.82, 2.24) is 4.31 Å². The molecule has 0 aromatic carbocycles. The second-order valence-electron chi connectivity index (χ2n) is 4.20. The first-order valence-electron chi connectivity index (χ1n) is 5.51. The SMILES string of the molecule is O=C(O)CC1CCCN1S(=O)(=O)c1cc(Cl)c(Br)s1. The average molecular weight is 389 g/mol. The van der Waals surface area contributed by atoms with Gasteiger partial charge in [0.25, 0.3) is 10.0 Å². The van der Waals surface area contributed by atoms with Crippen molar-refractivity contribution < 1.29 is 18.3 Å². The van der Waals surface area contributed by atoms with Gasteiger partial charge in [0.05, 0.1) is 15.2 Å². The van der Waals surface area contributed by atoms with Crippen LogP contribution in [0.2, 0.25) is 5.02 Å². The van der Waals surface area contributed by atoms with Gasteiger partial charge in [-0.2, -0.15) is 4.31 Å². The van der Waals surface area contributed by atoms with E-state index in [1.54, 1.807) is 0 Å². The molecule has 0 aliphatic carbocycles. The zero-order chi connectivity index (χ0) is 14.2. The summed E-state index contributed by atoms with van der Waals surface area (Å²) in [6.45, 7) is 0.355. The van der Waals surface area contributed by atoms with E-state index in [1.165, 1.54) is 10.4 Å². The third kappa shape index (κ3) is 3.13. The Labute approximate surface area is 128 Å². The summed E-state index contributed by atoms with van der Waals surface area (Å²) >= 11 is 10.1. The van der Waals surface area contributed by atoms with Gasteiger partial charge in [-0.1, -0.05) is 11.6 Å². The number of nitrogens with zero attached hydrogens (tertiary/aromatic N) is 1. The van der Waals surface area contributed by atoms with Crippen LogP contribution in [0.3, 0.4) is 0 Å². The van der Waals surface area contributed by atoms with E-state index in [0.717, 1.165) is 11.3 Å². The molecule has 1 fully saturated rings. The van der Waals surface area contributed by atoms with Crippen LogP contribution < -0.4 is 0 Å². The van der Waals surface area contributed by atoms with E-state index in [4.69, 9.17) is 16.7 Å². The molecule has 1 aromatic rings. The van der Waals surface area contributed by atoms with E-state index < -0.39 is 22.0 Å². The molecule has 1 aromatic heterocycles. The molecule has 0 spiro atoms.